The van der Waals surface area contributed by atoms with Gasteiger partial charge in [-0.1, -0.05) is 0 Å². The van der Waals surface area contributed by atoms with Crippen LogP contribution >= 0.6 is 0 Å². The molecule has 0 amide bonds. The van der Waals surface area contributed by atoms with Gasteiger partial charge in [0.05, 0.1) is 11.3 Å². The lowest BCUT2D eigenvalue weighted by molar-refractivity contribution is 0.0693. The summed E-state index contributed by atoms with van der Waals surface area (Å²) in [6, 6.07) is 1.65. The van der Waals surface area contributed by atoms with Crippen LogP contribution in [0.4, 0.5) is 5.69 Å². The van der Waals surface area contributed by atoms with E-state index in [4.69, 9.17) is 5.11 Å². The Kier molecular flexibility index (Phi) is 4.07. The minimum atomic E-state index is -1.01. The van der Waals surface area contributed by atoms with E-state index in [0.717, 1.165) is 0 Å². The van der Waals surface area contributed by atoms with Crippen LogP contribution in [0.1, 0.15) is 31.1 Å². The third kappa shape index (κ3) is 3.71. The van der Waals surface area contributed by atoms with Gasteiger partial charge in [-0.25, -0.2) is 4.79 Å². The van der Waals surface area contributed by atoms with Crippen LogP contribution < -0.4 is 4.90 Å². The van der Waals surface area contributed by atoms with Crippen LogP contribution in [0.15, 0.2) is 18.5 Å². The Hall–Kier alpha value is -1.62. The number of rotatable bonds is 5. The van der Waals surface area contributed by atoms with Gasteiger partial charge in [0.1, 0.15) is 5.56 Å². The number of likely N-dealkylation sites (N-methyl/N-ethyl adjacent to an activating group) is 1. The zero-order valence-electron chi connectivity index (χ0n) is 10.3. The van der Waals surface area contributed by atoms with Gasteiger partial charge in [-0.15, -0.1) is 0 Å². The van der Waals surface area contributed by atoms with Gasteiger partial charge in [0.15, 0.2) is 0 Å². The zero-order chi connectivity index (χ0) is 13.1. The van der Waals surface area contributed by atoms with Crippen molar-refractivity contribution in [2.75, 3.05) is 18.0 Å². The molecular formula is C12H18N2O3. The maximum absolute atomic E-state index is 11.1. The van der Waals surface area contributed by atoms with E-state index >= 15 is 0 Å². The van der Waals surface area contributed by atoms with Gasteiger partial charge in [0, 0.05) is 25.5 Å². The van der Waals surface area contributed by atoms with Crippen LogP contribution in [0, 0.1) is 0 Å². The Morgan fingerprint density at radius 2 is 2.18 bits per heavy atom. The lowest BCUT2D eigenvalue weighted by atomic mass is 10.1. The van der Waals surface area contributed by atoms with E-state index in [1.807, 2.05) is 11.8 Å². The Morgan fingerprint density at radius 1 is 1.53 bits per heavy atom. The molecule has 0 fully saturated rings. The van der Waals surface area contributed by atoms with Crippen molar-refractivity contribution in [3.63, 3.8) is 0 Å². The summed E-state index contributed by atoms with van der Waals surface area (Å²) in [5.41, 5.74) is -0.148. The minimum absolute atomic E-state index is 0.151. The molecule has 1 aromatic heterocycles. The fraction of sp³-hybridized carbons (Fsp3) is 0.500. The van der Waals surface area contributed by atoms with Crippen molar-refractivity contribution < 1.29 is 15.0 Å². The largest absolute Gasteiger partial charge is 0.478 e. The summed E-state index contributed by atoms with van der Waals surface area (Å²) >= 11 is 0. The smallest absolute Gasteiger partial charge is 0.339 e. The number of pyridine rings is 1. The maximum Gasteiger partial charge on any atom is 0.339 e. The molecule has 0 atom stereocenters. The molecule has 0 aromatic carbocycles. The highest BCUT2D eigenvalue weighted by Gasteiger charge is 2.21. The molecule has 1 heterocycles. The highest BCUT2D eigenvalue weighted by molar-refractivity contribution is 5.94. The molecular weight excluding hydrogens is 220 g/mol. The van der Waals surface area contributed by atoms with E-state index in [-0.39, 0.29) is 5.56 Å². The lowest BCUT2D eigenvalue weighted by Gasteiger charge is -2.30. The molecule has 0 aliphatic rings. The molecule has 2 N–H and O–H groups in total. The molecule has 94 valence electrons. The minimum Gasteiger partial charge on any atom is -0.478 e. The van der Waals surface area contributed by atoms with Gasteiger partial charge in [-0.05, 0) is 26.8 Å². The van der Waals surface area contributed by atoms with E-state index in [1.54, 1.807) is 26.1 Å². The summed E-state index contributed by atoms with van der Waals surface area (Å²) in [6.45, 7) is 6.29. The van der Waals surface area contributed by atoms with E-state index < -0.39 is 11.6 Å². The standard InChI is InChI=1S/C12H18N2O3/c1-4-14(8-12(2,3)17)10-5-6-13-7-9(10)11(15)16/h5-7,17H,4,8H2,1-3H3,(H,15,16). The fourth-order valence-corrected chi connectivity index (χ4v) is 1.66. The number of carbonyl (C=O) groups is 1. The van der Waals surface area contributed by atoms with Crippen LogP contribution in [0.5, 0.6) is 0 Å². The molecule has 0 aliphatic carbocycles. The maximum atomic E-state index is 11.1. The van der Waals surface area contributed by atoms with Crippen LogP contribution in [0.3, 0.4) is 0 Å². The molecule has 5 heteroatoms. The molecule has 0 unspecified atom stereocenters. The van der Waals surface area contributed by atoms with Crippen molar-refractivity contribution >= 4 is 11.7 Å². The number of aromatic nitrogens is 1. The Balaban J connectivity index is 3.07. The summed E-state index contributed by atoms with van der Waals surface area (Å²) in [6.07, 6.45) is 2.87. The topological polar surface area (TPSA) is 73.7 Å². The van der Waals surface area contributed by atoms with Gasteiger partial charge in [0.2, 0.25) is 0 Å². The fourth-order valence-electron chi connectivity index (χ4n) is 1.66. The average Bonchev–Trinajstić information content (AvgIpc) is 2.24. The van der Waals surface area contributed by atoms with Crippen molar-refractivity contribution in [3.05, 3.63) is 24.0 Å². The first-order valence-corrected chi connectivity index (χ1v) is 5.50. The predicted molar refractivity (Wildman–Crippen MR) is 65.4 cm³/mol. The van der Waals surface area contributed by atoms with E-state index in [0.29, 0.717) is 18.8 Å². The first-order valence-electron chi connectivity index (χ1n) is 5.50. The van der Waals surface area contributed by atoms with Crippen molar-refractivity contribution in [2.24, 2.45) is 0 Å². The lowest BCUT2D eigenvalue weighted by Crippen LogP contribution is -2.39. The monoisotopic (exact) mass is 238 g/mol. The molecule has 17 heavy (non-hydrogen) atoms. The molecule has 0 radical (unpaired) electrons. The summed E-state index contributed by atoms with van der Waals surface area (Å²) in [7, 11) is 0. The van der Waals surface area contributed by atoms with E-state index in [2.05, 4.69) is 4.98 Å². The van der Waals surface area contributed by atoms with E-state index in [1.165, 1.54) is 6.20 Å². The number of carboxylic acid groups (broad SMARTS) is 1. The van der Waals surface area contributed by atoms with Crippen LogP contribution in [0.2, 0.25) is 0 Å². The molecule has 0 spiro atoms. The third-order valence-electron chi connectivity index (χ3n) is 2.33. The Morgan fingerprint density at radius 3 is 2.65 bits per heavy atom. The second-order valence-corrected chi connectivity index (χ2v) is 4.52. The number of carboxylic acids is 1. The molecule has 0 saturated heterocycles. The van der Waals surface area contributed by atoms with Gasteiger partial charge in [-0.3, -0.25) is 4.98 Å². The van der Waals surface area contributed by atoms with Crippen molar-refractivity contribution in [1.82, 2.24) is 4.98 Å². The van der Waals surface area contributed by atoms with Crippen molar-refractivity contribution in [2.45, 2.75) is 26.4 Å². The second kappa shape index (κ2) is 5.14. The number of aliphatic hydroxyl groups is 1. The number of hydrogen-bond donors (Lipinski definition) is 2. The zero-order valence-corrected chi connectivity index (χ0v) is 10.3. The second-order valence-electron chi connectivity index (χ2n) is 4.52. The van der Waals surface area contributed by atoms with Gasteiger partial charge >= 0.3 is 5.97 Å². The Labute approximate surface area is 101 Å². The summed E-state index contributed by atoms with van der Waals surface area (Å²) in [4.78, 5) is 16.7. The molecule has 0 bridgehead atoms. The summed E-state index contributed by atoms with van der Waals surface area (Å²) in [5.74, 6) is -1.01. The van der Waals surface area contributed by atoms with Crippen molar-refractivity contribution in [3.8, 4) is 0 Å². The van der Waals surface area contributed by atoms with E-state index in [9.17, 15) is 9.90 Å². The number of aromatic carboxylic acids is 1. The predicted octanol–water partition coefficient (Wildman–Crippen LogP) is 1.38. The number of anilines is 1. The number of nitrogens with zero attached hydrogens (tertiary/aromatic N) is 2. The summed E-state index contributed by atoms with van der Waals surface area (Å²) < 4.78 is 0. The van der Waals surface area contributed by atoms with Crippen LogP contribution in [-0.2, 0) is 0 Å². The van der Waals surface area contributed by atoms with Gasteiger partial charge in [-0.2, -0.15) is 0 Å². The normalized spacial score (nSPS) is 11.3. The molecule has 0 saturated carbocycles. The van der Waals surface area contributed by atoms with Crippen LogP contribution in [-0.4, -0.2) is 39.9 Å². The number of hydrogen-bond acceptors (Lipinski definition) is 4. The highest BCUT2D eigenvalue weighted by atomic mass is 16.4. The quantitative estimate of drug-likeness (QED) is 0.810. The highest BCUT2D eigenvalue weighted by Crippen LogP contribution is 2.21. The Bertz CT molecular complexity index is 399. The third-order valence-corrected chi connectivity index (χ3v) is 2.33. The SMILES string of the molecule is CCN(CC(C)(C)O)c1ccncc1C(=O)O. The van der Waals surface area contributed by atoms with Crippen LogP contribution in [0.25, 0.3) is 0 Å². The molecule has 1 rings (SSSR count). The molecule has 1 aromatic rings. The average molecular weight is 238 g/mol. The first kappa shape index (κ1) is 13.4. The first-order chi connectivity index (χ1) is 7.85. The molecule has 0 aliphatic heterocycles. The van der Waals surface area contributed by atoms with Crippen molar-refractivity contribution in [1.29, 1.82) is 0 Å². The van der Waals surface area contributed by atoms with Gasteiger partial charge in [0.25, 0.3) is 0 Å². The molecule has 5 nitrogen and oxygen atoms in total. The summed E-state index contributed by atoms with van der Waals surface area (Å²) in [5, 5.41) is 18.9. The van der Waals surface area contributed by atoms with Gasteiger partial charge < -0.3 is 15.1 Å².